The summed E-state index contributed by atoms with van der Waals surface area (Å²) in [7, 11) is 1.45. The fraction of sp³-hybridized carbons (Fsp3) is 0.286. The molecule has 0 aliphatic carbocycles. The van der Waals surface area contributed by atoms with Crippen LogP contribution in [0.5, 0.6) is 17.2 Å². The summed E-state index contributed by atoms with van der Waals surface area (Å²) in [5.74, 6) is 1.40. The summed E-state index contributed by atoms with van der Waals surface area (Å²) in [5, 5.41) is 10.4. The molecular weight excluding hydrogens is 361 g/mol. The quantitative estimate of drug-likeness (QED) is 0.611. The van der Waals surface area contributed by atoms with Crippen molar-refractivity contribution in [1.29, 1.82) is 0 Å². The first-order valence-corrected chi connectivity index (χ1v) is 9.20. The summed E-state index contributed by atoms with van der Waals surface area (Å²) in [6.07, 6.45) is 2.58. The topological polar surface area (TPSA) is 68.4 Å². The number of fused-ring (bicyclic) bond motifs is 1. The zero-order chi connectivity index (χ0) is 19.3. The van der Waals surface area contributed by atoms with Gasteiger partial charge in [0.05, 0.1) is 19.0 Å². The molecule has 7 heteroatoms. The number of H-pyrrole nitrogens is 1. The van der Waals surface area contributed by atoms with Crippen molar-refractivity contribution in [2.45, 2.75) is 19.1 Å². The smallest absolute Gasteiger partial charge is 0.165 e. The fourth-order valence-corrected chi connectivity index (χ4v) is 3.21. The standard InChI is InChI=1S/C21H22FN3O3/c1-26-18-7-6-14(10-17(18)22)21-15(12-24-25-21)11-23-9-8-16-13-27-19-4-2-3-5-20(19)28-16/h2-7,10,12,16,23H,8-9,11,13H2,1H3,(H,24,25). The summed E-state index contributed by atoms with van der Waals surface area (Å²) in [6.45, 7) is 1.92. The molecule has 28 heavy (non-hydrogen) atoms. The molecular formula is C21H22FN3O3. The second kappa shape index (κ2) is 8.31. The number of aromatic amines is 1. The Kier molecular flexibility index (Phi) is 5.43. The van der Waals surface area contributed by atoms with Gasteiger partial charge in [-0.05, 0) is 36.9 Å². The van der Waals surface area contributed by atoms with Crippen LogP contribution in [-0.4, -0.2) is 36.6 Å². The van der Waals surface area contributed by atoms with Crippen molar-refractivity contribution < 1.29 is 18.6 Å². The molecule has 2 N–H and O–H groups in total. The number of nitrogens with one attached hydrogen (secondary N) is 2. The van der Waals surface area contributed by atoms with Gasteiger partial charge < -0.3 is 19.5 Å². The number of methoxy groups -OCH3 is 1. The predicted octanol–water partition coefficient (Wildman–Crippen LogP) is 3.54. The van der Waals surface area contributed by atoms with Crippen LogP contribution < -0.4 is 19.5 Å². The van der Waals surface area contributed by atoms with E-state index in [4.69, 9.17) is 14.2 Å². The van der Waals surface area contributed by atoms with E-state index >= 15 is 0 Å². The van der Waals surface area contributed by atoms with Gasteiger partial charge in [0.25, 0.3) is 0 Å². The van der Waals surface area contributed by atoms with E-state index in [0.29, 0.717) is 13.2 Å². The molecule has 0 saturated heterocycles. The molecule has 3 aromatic rings. The SMILES string of the molecule is COc1ccc(-c2[nH]ncc2CNCCC2COc3ccccc3O2)cc1F. The maximum Gasteiger partial charge on any atom is 0.165 e. The molecule has 0 radical (unpaired) electrons. The van der Waals surface area contributed by atoms with Crippen LogP contribution in [0.1, 0.15) is 12.0 Å². The average molecular weight is 383 g/mol. The van der Waals surface area contributed by atoms with Crippen LogP contribution in [0, 0.1) is 5.82 Å². The maximum atomic E-state index is 14.0. The van der Waals surface area contributed by atoms with Gasteiger partial charge in [-0.2, -0.15) is 5.10 Å². The van der Waals surface area contributed by atoms with Crippen LogP contribution in [0.4, 0.5) is 4.39 Å². The second-order valence-corrected chi connectivity index (χ2v) is 6.58. The van der Waals surface area contributed by atoms with E-state index in [2.05, 4.69) is 15.5 Å². The van der Waals surface area contributed by atoms with Crippen molar-refractivity contribution >= 4 is 0 Å². The number of hydrogen-bond donors (Lipinski definition) is 2. The highest BCUT2D eigenvalue weighted by molar-refractivity contribution is 5.63. The summed E-state index contributed by atoms with van der Waals surface area (Å²) in [5.41, 5.74) is 2.49. The molecule has 1 aliphatic rings. The van der Waals surface area contributed by atoms with Crippen molar-refractivity contribution in [3.05, 3.63) is 60.0 Å². The molecule has 0 saturated carbocycles. The van der Waals surface area contributed by atoms with E-state index in [1.807, 2.05) is 30.3 Å². The highest BCUT2D eigenvalue weighted by Crippen LogP contribution is 2.31. The zero-order valence-electron chi connectivity index (χ0n) is 15.6. The molecule has 6 nitrogen and oxygen atoms in total. The first kappa shape index (κ1) is 18.3. The summed E-state index contributed by atoms with van der Waals surface area (Å²) < 4.78 is 30.7. The number of halogens is 1. The summed E-state index contributed by atoms with van der Waals surface area (Å²) in [6, 6.07) is 12.6. The fourth-order valence-electron chi connectivity index (χ4n) is 3.21. The minimum absolute atomic E-state index is 0.0157. The van der Waals surface area contributed by atoms with E-state index < -0.39 is 5.82 Å². The Morgan fingerprint density at radius 1 is 1.25 bits per heavy atom. The average Bonchev–Trinajstić information content (AvgIpc) is 3.19. The van der Waals surface area contributed by atoms with Gasteiger partial charge in [-0.15, -0.1) is 0 Å². The van der Waals surface area contributed by atoms with Gasteiger partial charge in [-0.3, -0.25) is 5.10 Å². The first-order valence-electron chi connectivity index (χ1n) is 9.20. The lowest BCUT2D eigenvalue weighted by Gasteiger charge is -2.26. The van der Waals surface area contributed by atoms with Gasteiger partial charge in [-0.25, -0.2) is 4.39 Å². The Morgan fingerprint density at radius 3 is 2.93 bits per heavy atom. The molecule has 146 valence electrons. The van der Waals surface area contributed by atoms with Crippen molar-refractivity contribution in [3.8, 4) is 28.5 Å². The van der Waals surface area contributed by atoms with E-state index in [1.165, 1.54) is 13.2 Å². The molecule has 1 aromatic heterocycles. The molecule has 1 atom stereocenters. The largest absolute Gasteiger partial charge is 0.494 e. The number of benzene rings is 2. The number of para-hydroxylation sites is 2. The molecule has 2 heterocycles. The molecule has 0 amide bonds. The molecule has 2 aromatic carbocycles. The number of aromatic nitrogens is 2. The molecule has 1 unspecified atom stereocenters. The molecule has 0 fully saturated rings. The lowest BCUT2D eigenvalue weighted by Crippen LogP contribution is -2.32. The Morgan fingerprint density at radius 2 is 2.11 bits per heavy atom. The Bertz CT molecular complexity index is 944. The zero-order valence-corrected chi connectivity index (χ0v) is 15.6. The van der Waals surface area contributed by atoms with Gasteiger partial charge >= 0.3 is 0 Å². The van der Waals surface area contributed by atoms with Crippen LogP contribution in [0.2, 0.25) is 0 Å². The summed E-state index contributed by atoms with van der Waals surface area (Å²) >= 11 is 0. The Hall–Kier alpha value is -3.06. The lowest BCUT2D eigenvalue weighted by molar-refractivity contribution is 0.0849. The van der Waals surface area contributed by atoms with Crippen molar-refractivity contribution in [3.63, 3.8) is 0 Å². The van der Waals surface area contributed by atoms with Crippen LogP contribution in [0.25, 0.3) is 11.3 Å². The molecule has 0 spiro atoms. The van der Waals surface area contributed by atoms with Gasteiger partial charge in [-0.1, -0.05) is 12.1 Å². The third kappa shape index (κ3) is 3.94. The monoisotopic (exact) mass is 383 g/mol. The van der Waals surface area contributed by atoms with Crippen molar-refractivity contribution in [2.75, 3.05) is 20.3 Å². The van der Waals surface area contributed by atoms with Gasteiger partial charge in [0.1, 0.15) is 12.7 Å². The number of nitrogens with zero attached hydrogens (tertiary/aromatic N) is 1. The van der Waals surface area contributed by atoms with E-state index in [9.17, 15) is 4.39 Å². The van der Waals surface area contributed by atoms with Crippen LogP contribution in [0.3, 0.4) is 0 Å². The summed E-state index contributed by atoms with van der Waals surface area (Å²) in [4.78, 5) is 0. The Labute approximate surface area is 162 Å². The van der Waals surface area contributed by atoms with Gasteiger partial charge in [0.15, 0.2) is 23.1 Å². The van der Waals surface area contributed by atoms with E-state index in [-0.39, 0.29) is 11.9 Å². The van der Waals surface area contributed by atoms with Crippen LogP contribution in [0.15, 0.2) is 48.7 Å². The predicted molar refractivity (Wildman–Crippen MR) is 103 cm³/mol. The highest BCUT2D eigenvalue weighted by Gasteiger charge is 2.20. The second-order valence-electron chi connectivity index (χ2n) is 6.58. The van der Waals surface area contributed by atoms with Crippen molar-refractivity contribution in [1.82, 2.24) is 15.5 Å². The Balaban J connectivity index is 1.31. The number of rotatable bonds is 7. The lowest BCUT2D eigenvalue weighted by atomic mass is 10.1. The molecule has 1 aliphatic heterocycles. The van der Waals surface area contributed by atoms with E-state index in [1.54, 1.807) is 12.3 Å². The van der Waals surface area contributed by atoms with Crippen molar-refractivity contribution in [2.24, 2.45) is 0 Å². The minimum atomic E-state index is -0.400. The van der Waals surface area contributed by atoms with Crippen LogP contribution in [-0.2, 0) is 6.54 Å². The van der Waals surface area contributed by atoms with Crippen LogP contribution >= 0.6 is 0 Å². The minimum Gasteiger partial charge on any atom is -0.494 e. The van der Waals surface area contributed by atoms with Gasteiger partial charge in [0.2, 0.25) is 0 Å². The maximum absolute atomic E-state index is 14.0. The van der Waals surface area contributed by atoms with Gasteiger partial charge in [0, 0.05) is 24.1 Å². The first-order chi connectivity index (χ1) is 13.7. The molecule has 0 bridgehead atoms. The normalized spacial score (nSPS) is 15.4. The number of hydrogen-bond acceptors (Lipinski definition) is 5. The third-order valence-corrected chi connectivity index (χ3v) is 4.68. The highest BCUT2D eigenvalue weighted by atomic mass is 19.1. The van der Waals surface area contributed by atoms with E-state index in [0.717, 1.165) is 41.3 Å². The number of ether oxygens (including phenoxy) is 3. The molecule has 4 rings (SSSR count). The third-order valence-electron chi connectivity index (χ3n) is 4.68.